The van der Waals surface area contributed by atoms with Crippen LogP contribution in [0.25, 0.3) is 0 Å². The van der Waals surface area contributed by atoms with Crippen LogP contribution in [0.5, 0.6) is 0 Å². The van der Waals surface area contributed by atoms with Crippen molar-refractivity contribution in [1.82, 2.24) is 4.90 Å². The summed E-state index contributed by atoms with van der Waals surface area (Å²) in [5.41, 5.74) is 3.04. The van der Waals surface area contributed by atoms with Gasteiger partial charge in [0.2, 0.25) is 0 Å². The molecule has 0 aliphatic heterocycles. The van der Waals surface area contributed by atoms with Gasteiger partial charge in [-0.3, -0.25) is 0 Å². The smallest absolute Gasteiger partial charge is 0.173 e. The van der Waals surface area contributed by atoms with Crippen molar-refractivity contribution in [3.8, 4) is 0 Å². The van der Waals surface area contributed by atoms with Crippen LogP contribution in [-0.4, -0.2) is 17.1 Å². The lowest BCUT2D eigenvalue weighted by atomic mass is 10.2. The summed E-state index contributed by atoms with van der Waals surface area (Å²) in [6.45, 7) is 2.60. The van der Waals surface area contributed by atoms with Crippen LogP contribution in [0, 0.1) is 12.7 Å². The van der Waals surface area contributed by atoms with Gasteiger partial charge in [-0.15, -0.1) is 0 Å². The van der Waals surface area contributed by atoms with Gasteiger partial charge >= 0.3 is 0 Å². The number of hydrogen-bond acceptors (Lipinski definition) is 1. The number of hydrogen-bond donors (Lipinski definition) is 1. The highest BCUT2D eigenvalue weighted by Gasteiger charge is 2.06. The van der Waals surface area contributed by atoms with E-state index in [2.05, 4.69) is 5.32 Å². The van der Waals surface area contributed by atoms with Gasteiger partial charge in [-0.05, 0) is 49.0 Å². The Labute approximate surface area is 124 Å². The van der Waals surface area contributed by atoms with Crippen molar-refractivity contribution >= 4 is 23.0 Å². The lowest BCUT2D eigenvalue weighted by Crippen LogP contribution is -2.30. The maximum atomic E-state index is 13.1. The summed E-state index contributed by atoms with van der Waals surface area (Å²) in [7, 11) is 1.88. The number of rotatable bonds is 3. The molecule has 0 aromatic heterocycles. The second-order valence-corrected chi connectivity index (χ2v) is 5.17. The monoisotopic (exact) mass is 288 g/mol. The first-order chi connectivity index (χ1) is 9.54. The summed E-state index contributed by atoms with van der Waals surface area (Å²) in [6, 6.07) is 14.6. The van der Waals surface area contributed by atoms with Gasteiger partial charge < -0.3 is 10.2 Å². The van der Waals surface area contributed by atoms with Crippen molar-refractivity contribution in [2.24, 2.45) is 0 Å². The molecule has 0 unspecified atom stereocenters. The minimum atomic E-state index is -0.228. The van der Waals surface area contributed by atoms with Gasteiger partial charge in [-0.2, -0.15) is 0 Å². The van der Waals surface area contributed by atoms with Crippen molar-refractivity contribution in [3.05, 3.63) is 65.5 Å². The molecule has 4 heteroatoms. The first-order valence-corrected chi connectivity index (χ1v) is 6.78. The molecular formula is C16H17FN2S. The van der Waals surface area contributed by atoms with Gasteiger partial charge in [0.15, 0.2) is 5.11 Å². The fourth-order valence-corrected chi connectivity index (χ4v) is 2.02. The van der Waals surface area contributed by atoms with E-state index in [4.69, 9.17) is 12.2 Å². The van der Waals surface area contributed by atoms with E-state index >= 15 is 0 Å². The minimum Gasteiger partial charge on any atom is -0.348 e. The number of anilines is 1. The Bertz CT molecular complexity index is 596. The minimum absolute atomic E-state index is 0.228. The van der Waals surface area contributed by atoms with E-state index in [0.29, 0.717) is 11.7 Å². The molecule has 0 radical (unpaired) electrons. The van der Waals surface area contributed by atoms with E-state index in [1.807, 2.05) is 49.2 Å². The Morgan fingerprint density at radius 1 is 1.20 bits per heavy atom. The molecule has 0 saturated carbocycles. The number of halogens is 1. The summed E-state index contributed by atoms with van der Waals surface area (Å²) in [4.78, 5) is 1.88. The molecule has 0 bridgehead atoms. The molecule has 2 nitrogen and oxygen atoms in total. The molecule has 2 aromatic carbocycles. The summed E-state index contributed by atoms with van der Waals surface area (Å²) in [6.07, 6.45) is 0. The largest absolute Gasteiger partial charge is 0.348 e. The first kappa shape index (κ1) is 14.5. The van der Waals surface area contributed by atoms with E-state index < -0.39 is 0 Å². The Morgan fingerprint density at radius 3 is 2.55 bits per heavy atom. The van der Waals surface area contributed by atoms with Crippen LogP contribution >= 0.6 is 12.2 Å². The van der Waals surface area contributed by atoms with Gasteiger partial charge in [0.05, 0.1) is 0 Å². The predicted octanol–water partition coefficient (Wildman–Crippen LogP) is 3.96. The van der Waals surface area contributed by atoms with E-state index in [1.165, 1.54) is 17.7 Å². The second-order valence-electron chi connectivity index (χ2n) is 4.78. The SMILES string of the molecule is Cc1ccc(NC(=S)N(C)Cc2cccc(F)c2)cc1. The lowest BCUT2D eigenvalue weighted by molar-refractivity contribution is 0.505. The van der Waals surface area contributed by atoms with E-state index in [-0.39, 0.29) is 5.82 Å². The van der Waals surface area contributed by atoms with Gasteiger partial charge in [0.25, 0.3) is 0 Å². The molecule has 0 aliphatic carbocycles. The molecule has 20 heavy (non-hydrogen) atoms. The van der Waals surface area contributed by atoms with Crippen LogP contribution in [0.4, 0.5) is 10.1 Å². The maximum Gasteiger partial charge on any atom is 0.173 e. The van der Waals surface area contributed by atoms with Gasteiger partial charge in [-0.25, -0.2) is 4.39 Å². The average molecular weight is 288 g/mol. The normalized spacial score (nSPS) is 10.2. The fraction of sp³-hybridized carbons (Fsp3) is 0.188. The zero-order valence-corrected chi connectivity index (χ0v) is 12.4. The molecule has 0 atom stereocenters. The number of benzene rings is 2. The number of aryl methyl sites for hydroxylation is 1. The third-order valence-corrected chi connectivity index (χ3v) is 3.37. The van der Waals surface area contributed by atoms with Crippen molar-refractivity contribution in [2.45, 2.75) is 13.5 Å². The van der Waals surface area contributed by atoms with E-state index in [0.717, 1.165) is 11.3 Å². The first-order valence-electron chi connectivity index (χ1n) is 6.38. The number of nitrogens with one attached hydrogen (secondary N) is 1. The summed E-state index contributed by atoms with van der Waals surface area (Å²) in [5.74, 6) is -0.228. The molecule has 0 heterocycles. The molecular weight excluding hydrogens is 271 g/mol. The Morgan fingerprint density at radius 2 is 1.90 bits per heavy atom. The van der Waals surface area contributed by atoms with E-state index in [1.54, 1.807) is 6.07 Å². The molecule has 0 amide bonds. The second kappa shape index (κ2) is 6.48. The molecule has 0 saturated heterocycles. The summed E-state index contributed by atoms with van der Waals surface area (Å²) in [5, 5.41) is 3.78. The molecule has 0 spiro atoms. The topological polar surface area (TPSA) is 15.3 Å². The van der Waals surface area contributed by atoms with Crippen molar-refractivity contribution in [3.63, 3.8) is 0 Å². The Hall–Kier alpha value is -1.94. The van der Waals surface area contributed by atoms with Gasteiger partial charge in [0, 0.05) is 19.3 Å². The van der Waals surface area contributed by atoms with Crippen LogP contribution in [0.3, 0.4) is 0 Å². The van der Waals surface area contributed by atoms with Crippen LogP contribution in [0.2, 0.25) is 0 Å². The molecule has 2 aromatic rings. The highest BCUT2D eigenvalue weighted by molar-refractivity contribution is 7.80. The third-order valence-electron chi connectivity index (χ3n) is 2.96. The zero-order valence-electron chi connectivity index (χ0n) is 11.6. The van der Waals surface area contributed by atoms with E-state index in [9.17, 15) is 4.39 Å². The third kappa shape index (κ3) is 4.03. The Kier molecular flexibility index (Phi) is 4.69. The number of nitrogens with zero attached hydrogens (tertiary/aromatic N) is 1. The number of thiocarbonyl (C=S) groups is 1. The standard InChI is InChI=1S/C16H17FN2S/c1-12-6-8-15(9-7-12)18-16(20)19(2)11-13-4-3-5-14(17)10-13/h3-10H,11H2,1-2H3,(H,18,20). The molecule has 2 rings (SSSR count). The quantitative estimate of drug-likeness (QED) is 0.861. The maximum absolute atomic E-state index is 13.1. The fourth-order valence-electron chi connectivity index (χ4n) is 1.84. The highest BCUT2D eigenvalue weighted by atomic mass is 32.1. The lowest BCUT2D eigenvalue weighted by Gasteiger charge is -2.21. The van der Waals surface area contributed by atoms with Crippen molar-refractivity contribution < 1.29 is 4.39 Å². The molecule has 104 valence electrons. The average Bonchev–Trinajstić information content (AvgIpc) is 2.41. The van der Waals surface area contributed by atoms with Crippen LogP contribution in [0.15, 0.2) is 48.5 Å². The Balaban J connectivity index is 1.96. The van der Waals surface area contributed by atoms with Crippen LogP contribution in [0.1, 0.15) is 11.1 Å². The van der Waals surface area contributed by atoms with Crippen molar-refractivity contribution in [2.75, 3.05) is 12.4 Å². The van der Waals surface area contributed by atoms with Gasteiger partial charge in [0.1, 0.15) is 5.82 Å². The zero-order chi connectivity index (χ0) is 14.5. The summed E-state index contributed by atoms with van der Waals surface area (Å²) < 4.78 is 13.1. The molecule has 1 N–H and O–H groups in total. The highest BCUT2D eigenvalue weighted by Crippen LogP contribution is 2.11. The molecule has 0 fully saturated rings. The van der Waals surface area contributed by atoms with Crippen LogP contribution in [-0.2, 0) is 6.54 Å². The summed E-state index contributed by atoms with van der Waals surface area (Å²) >= 11 is 5.34. The molecule has 0 aliphatic rings. The van der Waals surface area contributed by atoms with Gasteiger partial charge in [-0.1, -0.05) is 29.8 Å². The van der Waals surface area contributed by atoms with Crippen molar-refractivity contribution in [1.29, 1.82) is 0 Å². The predicted molar refractivity (Wildman–Crippen MR) is 85.3 cm³/mol. The van der Waals surface area contributed by atoms with Crippen LogP contribution < -0.4 is 5.32 Å².